The minimum atomic E-state index is -4.44. The van der Waals surface area contributed by atoms with Crippen molar-refractivity contribution >= 4 is 20.2 Å². The second kappa shape index (κ2) is 13.8. The molecule has 1 aliphatic heterocycles. The predicted molar refractivity (Wildman–Crippen MR) is 127 cm³/mol. The number of fused-ring (bicyclic) bond motifs is 2. The SMILES string of the molecule is O=S(=O)(O)c1ccc2c(c1)OCCOCCOCCOc1ccc(S(=O)(=O)O)cc1OCCOCCO2. The van der Waals surface area contributed by atoms with Gasteiger partial charge in [-0.25, -0.2) is 0 Å². The van der Waals surface area contributed by atoms with E-state index in [0.29, 0.717) is 0 Å². The van der Waals surface area contributed by atoms with E-state index in [1.165, 1.54) is 24.3 Å². The summed E-state index contributed by atoms with van der Waals surface area (Å²) in [6.45, 7) is 1.52. The van der Waals surface area contributed by atoms with Gasteiger partial charge in [-0.2, -0.15) is 16.8 Å². The van der Waals surface area contributed by atoms with Crippen molar-refractivity contribution < 1.29 is 59.1 Å². The van der Waals surface area contributed by atoms with Crippen molar-refractivity contribution in [2.45, 2.75) is 9.79 Å². The fraction of sp³-hybridized carbons (Fsp3) is 0.455. The number of rotatable bonds is 2. The molecule has 2 aromatic carbocycles. The number of hydrogen-bond acceptors (Lipinski definition) is 11. The first-order valence-corrected chi connectivity index (χ1v) is 14.0. The molecule has 0 saturated heterocycles. The van der Waals surface area contributed by atoms with Crippen molar-refractivity contribution in [3.8, 4) is 23.0 Å². The lowest BCUT2D eigenvalue weighted by Crippen LogP contribution is -2.14. The molecule has 13 nitrogen and oxygen atoms in total. The van der Waals surface area contributed by atoms with Crippen LogP contribution in [0.3, 0.4) is 0 Å². The van der Waals surface area contributed by atoms with Gasteiger partial charge in [0.1, 0.15) is 26.4 Å². The van der Waals surface area contributed by atoms with Crippen molar-refractivity contribution in [1.29, 1.82) is 0 Å². The second-order valence-corrected chi connectivity index (χ2v) is 10.2. The van der Waals surface area contributed by atoms with Crippen LogP contribution in [0.5, 0.6) is 23.0 Å². The minimum Gasteiger partial charge on any atom is -0.487 e. The van der Waals surface area contributed by atoms with Gasteiger partial charge >= 0.3 is 0 Å². The van der Waals surface area contributed by atoms with Crippen LogP contribution in [0, 0.1) is 0 Å². The van der Waals surface area contributed by atoms with Gasteiger partial charge in [-0.3, -0.25) is 9.11 Å². The van der Waals surface area contributed by atoms with Crippen LogP contribution in [0.2, 0.25) is 0 Å². The molecule has 0 saturated carbocycles. The maximum atomic E-state index is 11.5. The third-order valence-electron chi connectivity index (χ3n) is 4.74. The molecule has 0 aliphatic carbocycles. The van der Waals surface area contributed by atoms with Gasteiger partial charge in [0.15, 0.2) is 23.0 Å². The summed E-state index contributed by atoms with van der Waals surface area (Å²) in [6.07, 6.45) is 0. The van der Waals surface area contributed by atoms with E-state index >= 15 is 0 Å². The van der Waals surface area contributed by atoms with Gasteiger partial charge in [0.25, 0.3) is 20.2 Å². The fourth-order valence-corrected chi connectivity index (χ4v) is 4.02. The average Bonchev–Trinajstić information content (AvgIpc) is 2.83. The lowest BCUT2D eigenvalue weighted by Gasteiger charge is -2.14. The van der Waals surface area contributed by atoms with E-state index < -0.39 is 20.2 Å². The lowest BCUT2D eigenvalue weighted by molar-refractivity contribution is 0.0268. The molecule has 0 atom stereocenters. The van der Waals surface area contributed by atoms with E-state index in [1.54, 1.807) is 0 Å². The molecule has 1 aliphatic rings. The zero-order valence-electron chi connectivity index (χ0n) is 19.7. The maximum Gasteiger partial charge on any atom is 0.294 e. The standard InChI is InChI=1S/C22H28O13S2/c23-36(24,25)17-2-4-20-21(15-17)34-13-9-30-6-5-29-7-11-32-19-3-1-18(37(26,27)28)16-22(19)35-14-10-31-8-12-33-20/h1-4,15-16H,5-14H2,(H,23,24,25)(H,26,27,28). The Balaban J connectivity index is 1.66. The smallest absolute Gasteiger partial charge is 0.294 e. The van der Waals surface area contributed by atoms with Crippen LogP contribution in [0.15, 0.2) is 46.2 Å². The summed E-state index contributed by atoms with van der Waals surface area (Å²) in [6, 6.07) is 7.40. The van der Waals surface area contributed by atoms with Crippen LogP contribution in [-0.2, 0) is 34.4 Å². The highest BCUT2D eigenvalue weighted by Gasteiger charge is 2.16. The molecule has 0 unspecified atom stereocenters. The van der Waals surface area contributed by atoms with E-state index in [-0.39, 0.29) is 98.9 Å². The molecular formula is C22H28O13S2. The maximum absolute atomic E-state index is 11.5. The Hall–Kier alpha value is -2.66. The molecule has 1 heterocycles. The topological polar surface area (TPSA) is 173 Å². The summed E-state index contributed by atoms with van der Waals surface area (Å²) in [5.74, 6) is 0.710. The second-order valence-electron chi connectivity index (χ2n) is 7.40. The van der Waals surface area contributed by atoms with Gasteiger partial charge in [-0.15, -0.1) is 0 Å². The van der Waals surface area contributed by atoms with E-state index in [1.807, 2.05) is 0 Å². The summed E-state index contributed by atoms with van der Waals surface area (Å²) in [4.78, 5) is -0.691. The summed E-state index contributed by atoms with van der Waals surface area (Å²) in [5, 5.41) is 0. The molecule has 37 heavy (non-hydrogen) atoms. The molecule has 0 spiro atoms. The van der Waals surface area contributed by atoms with Crippen molar-refractivity contribution in [3.05, 3.63) is 36.4 Å². The van der Waals surface area contributed by atoms with E-state index in [9.17, 15) is 25.9 Å². The number of benzene rings is 2. The molecule has 15 heteroatoms. The highest BCUT2D eigenvalue weighted by Crippen LogP contribution is 2.31. The van der Waals surface area contributed by atoms with Crippen LogP contribution >= 0.6 is 0 Å². The monoisotopic (exact) mass is 564 g/mol. The van der Waals surface area contributed by atoms with Gasteiger partial charge < -0.3 is 33.2 Å². The van der Waals surface area contributed by atoms with Crippen molar-refractivity contribution in [1.82, 2.24) is 0 Å². The highest BCUT2D eigenvalue weighted by molar-refractivity contribution is 7.86. The summed E-state index contributed by atoms with van der Waals surface area (Å²) in [7, 11) is -8.87. The zero-order chi connectivity index (χ0) is 26.7. The van der Waals surface area contributed by atoms with E-state index in [2.05, 4.69) is 0 Å². The first-order chi connectivity index (χ1) is 17.6. The lowest BCUT2D eigenvalue weighted by atomic mass is 10.3. The Labute approximate surface area is 214 Å². The first kappa shape index (κ1) is 28.9. The van der Waals surface area contributed by atoms with E-state index in [4.69, 9.17) is 33.2 Å². The molecule has 0 radical (unpaired) electrons. The molecule has 2 N–H and O–H groups in total. The van der Waals surface area contributed by atoms with Crippen molar-refractivity contribution in [2.24, 2.45) is 0 Å². The normalized spacial score (nSPS) is 17.4. The average molecular weight is 565 g/mol. The summed E-state index contributed by atoms with van der Waals surface area (Å²) >= 11 is 0. The van der Waals surface area contributed by atoms with Crippen molar-refractivity contribution in [2.75, 3.05) is 66.1 Å². The number of ether oxygens (including phenoxy) is 7. The largest absolute Gasteiger partial charge is 0.487 e. The molecular weight excluding hydrogens is 536 g/mol. The third-order valence-corrected chi connectivity index (χ3v) is 6.44. The van der Waals surface area contributed by atoms with Gasteiger partial charge in [0.2, 0.25) is 0 Å². The van der Waals surface area contributed by atoms with Gasteiger partial charge in [0.05, 0.1) is 49.4 Å². The predicted octanol–water partition coefficient (Wildman–Crippen LogP) is 1.46. The van der Waals surface area contributed by atoms with Crippen molar-refractivity contribution in [3.63, 3.8) is 0 Å². The van der Waals surface area contributed by atoms with E-state index in [0.717, 1.165) is 12.1 Å². The Kier molecular flexibility index (Phi) is 10.7. The number of hydrogen-bond donors (Lipinski definition) is 2. The Morgan fingerprint density at radius 3 is 1.08 bits per heavy atom. The molecule has 0 fully saturated rings. The highest BCUT2D eigenvalue weighted by atomic mass is 32.2. The van der Waals surface area contributed by atoms with Crippen LogP contribution < -0.4 is 18.9 Å². The summed E-state index contributed by atoms with van der Waals surface area (Å²) in [5.41, 5.74) is 0. The Bertz CT molecular complexity index is 1230. The quantitative estimate of drug-likeness (QED) is 0.502. The first-order valence-electron chi connectivity index (χ1n) is 11.1. The molecule has 3 rings (SSSR count). The molecule has 206 valence electrons. The minimum absolute atomic E-state index is 0.0382. The summed E-state index contributed by atoms with van der Waals surface area (Å²) < 4.78 is 103. The van der Waals surface area contributed by atoms with Gasteiger partial charge in [-0.05, 0) is 24.3 Å². The van der Waals surface area contributed by atoms with Crippen LogP contribution in [0.4, 0.5) is 0 Å². The Morgan fingerprint density at radius 1 is 0.459 bits per heavy atom. The fourth-order valence-electron chi connectivity index (χ4n) is 3.03. The van der Waals surface area contributed by atoms with Crippen LogP contribution in [-0.4, -0.2) is 92.0 Å². The van der Waals surface area contributed by atoms with Crippen LogP contribution in [0.1, 0.15) is 0 Å². The molecule has 0 aromatic heterocycles. The van der Waals surface area contributed by atoms with Gasteiger partial charge in [0, 0.05) is 12.1 Å². The van der Waals surface area contributed by atoms with Crippen LogP contribution in [0.25, 0.3) is 0 Å². The molecule has 0 amide bonds. The Morgan fingerprint density at radius 2 is 0.757 bits per heavy atom. The molecule has 2 aromatic rings. The van der Waals surface area contributed by atoms with Gasteiger partial charge in [-0.1, -0.05) is 0 Å². The third kappa shape index (κ3) is 9.62. The molecule has 0 bridgehead atoms. The zero-order valence-corrected chi connectivity index (χ0v) is 21.4.